The second-order valence-corrected chi connectivity index (χ2v) is 6.18. The number of carbonyl (C=O) groups excluding carboxylic acids is 1. The Hall–Kier alpha value is -1.39. The van der Waals surface area contributed by atoms with Gasteiger partial charge in [-0.05, 0) is 32.3 Å². The zero-order chi connectivity index (χ0) is 15.9. The molecular weight excluding hydrogens is 276 g/mol. The number of aliphatic hydroxyl groups excluding tert-OH is 1. The van der Waals surface area contributed by atoms with Gasteiger partial charge in [0, 0.05) is 25.2 Å². The number of rotatable bonds is 6. The number of nitrogens with zero attached hydrogens (tertiary/aromatic N) is 2. The minimum atomic E-state index is 0.128. The van der Waals surface area contributed by atoms with Crippen molar-refractivity contribution in [3.8, 4) is 0 Å². The standard InChI is InChI=1S/C18H28N2O2/c1-3-19(12-16-9-5-4-6-10-16)18(22)13-20-15(2)8-7-11-17(20)14-21/h4-6,9-10,15,17,21H,3,7-8,11-14H2,1-2H3. The first-order valence-corrected chi connectivity index (χ1v) is 8.34. The van der Waals surface area contributed by atoms with Crippen molar-refractivity contribution in [3.63, 3.8) is 0 Å². The summed E-state index contributed by atoms with van der Waals surface area (Å²) in [7, 11) is 0. The summed E-state index contributed by atoms with van der Waals surface area (Å²) >= 11 is 0. The highest BCUT2D eigenvalue weighted by atomic mass is 16.3. The first kappa shape index (κ1) is 17.0. The maximum atomic E-state index is 12.7. The molecule has 1 heterocycles. The van der Waals surface area contributed by atoms with Crippen molar-refractivity contribution in [1.29, 1.82) is 0 Å². The van der Waals surface area contributed by atoms with Crippen LogP contribution in [0.5, 0.6) is 0 Å². The van der Waals surface area contributed by atoms with Crippen LogP contribution in [0.2, 0.25) is 0 Å². The summed E-state index contributed by atoms with van der Waals surface area (Å²) in [6.07, 6.45) is 3.23. The summed E-state index contributed by atoms with van der Waals surface area (Å²) in [5.41, 5.74) is 1.16. The highest BCUT2D eigenvalue weighted by Crippen LogP contribution is 2.22. The van der Waals surface area contributed by atoms with Crippen molar-refractivity contribution in [2.75, 3.05) is 19.7 Å². The van der Waals surface area contributed by atoms with Gasteiger partial charge in [-0.15, -0.1) is 0 Å². The molecule has 2 unspecified atom stereocenters. The molecule has 0 saturated carbocycles. The minimum absolute atomic E-state index is 0.128. The van der Waals surface area contributed by atoms with E-state index in [0.717, 1.165) is 24.8 Å². The third-order valence-electron chi connectivity index (χ3n) is 4.67. The number of carbonyl (C=O) groups is 1. The molecule has 0 aromatic heterocycles. The average Bonchev–Trinajstić information content (AvgIpc) is 2.55. The van der Waals surface area contributed by atoms with Gasteiger partial charge in [0.05, 0.1) is 13.2 Å². The average molecular weight is 304 g/mol. The number of likely N-dealkylation sites (N-methyl/N-ethyl adjacent to an activating group) is 1. The molecule has 1 N–H and O–H groups in total. The fraction of sp³-hybridized carbons (Fsp3) is 0.611. The van der Waals surface area contributed by atoms with E-state index in [1.807, 2.05) is 30.0 Å². The summed E-state index contributed by atoms with van der Waals surface area (Å²) in [5, 5.41) is 9.56. The van der Waals surface area contributed by atoms with Crippen LogP contribution in [0.4, 0.5) is 0 Å². The Morgan fingerprint density at radius 1 is 1.32 bits per heavy atom. The Balaban J connectivity index is 1.98. The molecule has 4 heteroatoms. The van der Waals surface area contributed by atoms with Crippen LogP contribution in [0.3, 0.4) is 0 Å². The second kappa shape index (κ2) is 8.30. The molecule has 122 valence electrons. The predicted molar refractivity (Wildman–Crippen MR) is 88.4 cm³/mol. The largest absolute Gasteiger partial charge is 0.395 e. The molecule has 22 heavy (non-hydrogen) atoms. The molecule has 2 rings (SSSR count). The van der Waals surface area contributed by atoms with E-state index in [1.165, 1.54) is 0 Å². The maximum absolute atomic E-state index is 12.7. The van der Waals surface area contributed by atoms with E-state index in [0.29, 0.717) is 25.7 Å². The summed E-state index contributed by atoms with van der Waals surface area (Å²) in [5.74, 6) is 0.151. The van der Waals surface area contributed by atoms with Gasteiger partial charge < -0.3 is 10.0 Å². The van der Waals surface area contributed by atoms with E-state index in [4.69, 9.17) is 0 Å². The number of aliphatic hydroxyl groups is 1. The van der Waals surface area contributed by atoms with E-state index < -0.39 is 0 Å². The van der Waals surface area contributed by atoms with Gasteiger partial charge in [0.25, 0.3) is 0 Å². The van der Waals surface area contributed by atoms with Crippen LogP contribution in [0, 0.1) is 0 Å². The van der Waals surface area contributed by atoms with Gasteiger partial charge in [0.2, 0.25) is 5.91 Å². The van der Waals surface area contributed by atoms with E-state index in [9.17, 15) is 9.90 Å². The third-order valence-corrected chi connectivity index (χ3v) is 4.67. The molecule has 1 saturated heterocycles. The van der Waals surface area contributed by atoms with Crippen LogP contribution in [0.1, 0.15) is 38.7 Å². The number of piperidine rings is 1. The number of benzene rings is 1. The van der Waals surface area contributed by atoms with Gasteiger partial charge in [-0.3, -0.25) is 9.69 Å². The summed E-state index contributed by atoms with van der Waals surface area (Å²) in [6, 6.07) is 10.6. The maximum Gasteiger partial charge on any atom is 0.237 e. The minimum Gasteiger partial charge on any atom is -0.395 e. The van der Waals surface area contributed by atoms with Crippen molar-refractivity contribution >= 4 is 5.91 Å². The Labute approximate surface area is 133 Å². The van der Waals surface area contributed by atoms with Crippen LogP contribution < -0.4 is 0 Å². The van der Waals surface area contributed by atoms with Crippen LogP contribution in [-0.2, 0) is 11.3 Å². The molecule has 1 aromatic rings. The Morgan fingerprint density at radius 3 is 2.68 bits per heavy atom. The number of hydrogen-bond donors (Lipinski definition) is 1. The van der Waals surface area contributed by atoms with Gasteiger partial charge in [-0.2, -0.15) is 0 Å². The summed E-state index contributed by atoms with van der Waals surface area (Å²) in [6.45, 7) is 6.09. The molecule has 4 nitrogen and oxygen atoms in total. The zero-order valence-electron chi connectivity index (χ0n) is 13.7. The first-order valence-electron chi connectivity index (χ1n) is 8.34. The molecule has 0 bridgehead atoms. The molecule has 0 radical (unpaired) electrons. The van der Waals surface area contributed by atoms with E-state index in [1.54, 1.807) is 0 Å². The monoisotopic (exact) mass is 304 g/mol. The summed E-state index contributed by atoms with van der Waals surface area (Å²) in [4.78, 5) is 16.7. The molecule has 1 aliphatic heterocycles. The van der Waals surface area contributed by atoms with E-state index >= 15 is 0 Å². The molecule has 0 spiro atoms. The predicted octanol–water partition coefficient (Wildman–Crippen LogP) is 2.27. The molecule has 0 aliphatic carbocycles. The van der Waals surface area contributed by atoms with Crippen molar-refractivity contribution in [2.24, 2.45) is 0 Å². The molecule has 1 aliphatic rings. The highest BCUT2D eigenvalue weighted by molar-refractivity contribution is 5.78. The van der Waals surface area contributed by atoms with Gasteiger partial charge in [0.1, 0.15) is 0 Å². The van der Waals surface area contributed by atoms with Crippen LogP contribution in [-0.4, -0.2) is 52.6 Å². The Bertz CT molecular complexity index is 463. The smallest absolute Gasteiger partial charge is 0.237 e. The molecular formula is C18H28N2O2. The third kappa shape index (κ3) is 4.31. The van der Waals surface area contributed by atoms with Crippen molar-refractivity contribution < 1.29 is 9.90 Å². The van der Waals surface area contributed by atoms with Gasteiger partial charge >= 0.3 is 0 Å². The highest BCUT2D eigenvalue weighted by Gasteiger charge is 2.29. The number of amides is 1. The second-order valence-electron chi connectivity index (χ2n) is 6.18. The van der Waals surface area contributed by atoms with Crippen molar-refractivity contribution in [2.45, 2.75) is 51.7 Å². The quantitative estimate of drug-likeness (QED) is 0.877. The van der Waals surface area contributed by atoms with Gasteiger partial charge in [0.15, 0.2) is 0 Å². The Kier molecular flexibility index (Phi) is 6.40. The molecule has 1 amide bonds. The van der Waals surface area contributed by atoms with Crippen molar-refractivity contribution in [1.82, 2.24) is 9.80 Å². The topological polar surface area (TPSA) is 43.8 Å². The van der Waals surface area contributed by atoms with Crippen LogP contribution >= 0.6 is 0 Å². The van der Waals surface area contributed by atoms with Crippen LogP contribution in [0.15, 0.2) is 30.3 Å². The molecule has 2 atom stereocenters. The lowest BCUT2D eigenvalue weighted by atomic mass is 9.97. The van der Waals surface area contributed by atoms with E-state index in [2.05, 4.69) is 24.0 Å². The van der Waals surface area contributed by atoms with Gasteiger partial charge in [-0.25, -0.2) is 0 Å². The van der Waals surface area contributed by atoms with Crippen molar-refractivity contribution in [3.05, 3.63) is 35.9 Å². The number of likely N-dealkylation sites (tertiary alicyclic amines) is 1. The zero-order valence-corrected chi connectivity index (χ0v) is 13.7. The van der Waals surface area contributed by atoms with Gasteiger partial charge in [-0.1, -0.05) is 36.8 Å². The Morgan fingerprint density at radius 2 is 2.05 bits per heavy atom. The summed E-state index contributed by atoms with van der Waals surface area (Å²) < 4.78 is 0. The normalized spacial score (nSPS) is 22.5. The SMILES string of the molecule is CCN(Cc1ccccc1)C(=O)CN1C(C)CCCC1CO. The number of hydrogen-bond acceptors (Lipinski definition) is 3. The first-order chi connectivity index (χ1) is 10.7. The lowest BCUT2D eigenvalue weighted by molar-refractivity contribution is -0.135. The molecule has 1 aromatic carbocycles. The van der Waals surface area contributed by atoms with Crippen LogP contribution in [0.25, 0.3) is 0 Å². The fourth-order valence-electron chi connectivity index (χ4n) is 3.26. The van der Waals surface area contributed by atoms with E-state index in [-0.39, 0.29) is 18.6 Å². The molecule has 1 fully saturated rings. The lowest BCUT2D eigenvalue weighted by Gasteiger charge is -2.40. The lowest BCUT2D eigenvalue weighted by Crippen LogP contribution is -2.51. The fourth-order valence-corrected chi connectivity index (χ4v) is 3.26.